The van der Waals surface area contributed by atoms with Crippen LogP contribution in [0.15, 0.2) is 65.6 Å². The van der Waals surface area contributed by atoms with Crippen LogP contribution in [0.1, 0.15) is 10.5 Å². The molecule has 0 saturated heterocycles. The summed E-state index contributed by atoms with van der Waals surface area (Å²) in [6.45, 7) is 0. The Labute approximate surface area is 151 Å². The second-order valence-corrected chi connectivity index (χ2v) is 7.95. The molecule has 26 heavy (non-hydrogen) atoms. The predicted molar refractivity (Wildman–Crippen MR) is 99.3 cm³/mol. The van der Waals surface area contributed by atoms with Crippen molar-refractivity contribution in [2.75, 3.05) is 19.4 Å². The Morgan fingerprint density at radius 2 is 1.77 bits per heavy atom. The maximum atomic E-state index is 12.4. The van der Waals surface area contributed by atoms with E-state index in [2.05, 4.69) is 15.5 Å². The smallest absolute Gasteiger partial charge is 0.273 e. The maximum absolute atomic E-state index is 12.4. The van der Waals surface area contributed by atoms with Crippen molar-refractivity contribution in [2.45, 2.75) is 4.90 Å². The van der Waals surface area contributed by atoms with Gasteiger partial charge in [0.25, 0.3) is 5.91 Å². The van der Waals surface area contributed by atoms with Crippen LogP contribution in [0.4, 0.5) is 5.69 Å². The van der Waals surface area contributed by atoms with Gasteiger partial charge in [0.1, 0.15) is 5.69 Å². The van der Waals surface area contributed by atoms with Crippen molar-refractivity contribution in [3.05, 3.63) is 66.4 Å². The molecule has 0 unspecified atom stereocenters. The fraction of sp³-hybridized carbons (Fsp3) is 0.111. The first-order valence-corrected chi connectivity index (χ1v) is 9.27. The molecule has 8 heteroatoms. The maximum Gasteiger partial charge on any atom is 0.273 e. The van der Waals surface area contributed by atoms with Crippen molar-refractivity contribution in [1.29, 1.82) is 0 Å². The number of hydrogen-bond donors (Lipinski definition) is 2. The van der Waals surface area contributed by atoms with Crippen LogP contribution in [0.3, 0.4) is 0 Å². The normalized spacial score (nSPS) is 11.5. The van der Waals surface area contributed by atoms with E-state index < -0.39 is 15.9 Å². The summed E-state index contributed by atoms with van der Waals surface area (Å²) < 4.78 is 25.5. The minimum Gasteiger partial charge on any atom is -0.321 e. The number of amides is 1. The Balaban J connectivity index is 1.80. The van der Waals surface area contributed by atoms with Crippen molar-refractivity contribution in [3.8, 4) is 11.3 Å². The molecule has 7 nitrogen and oxygen atoms in total. The molecule has 1 heterocycles. The highest BCUT2D eigenvalue weighted by Crippen LogP contribution is 2.20. The van der Waals surface area contributed by atoms with Crippen molar-refractivity contribution in [2.24, 2.45) is 0 Å². The third kappa shape index (κ3) is 3.66. The summed E-state index contributed by atoms with van der Waals surface area (Å²) in [6, 6.07) is 17.2. The highest BCUT2D eigenvalue weighted by Gasteiger charge is 2.18. The van der Waals surface area contributed by atoms with Gasteiger partial charge in [-0.3, -0.25) is 9.89 Å². The summed E-state index contributed by atoms with van der Waals surface area (Å²) in [7, 11) is -0.661. The first-order chi connectivity index (χ1) is 12.4. The van der Waals surface area contributed by atoms with Crippen LogP contribution in [0.5, 0.6) is 0 Å². The SMILES string of the molecule is CN(C)S(=O)(=O)c1cccc(NC(=O)c2cc(-c3ccccc3)n[nH]2)c1. The summed E-state index contributed by atoms with van der Waals surface area (Å²) in [4.78, 5) is 12.5. The molecule has 1 amide bonds. The average molecular weight is 370 g/mol. The van der Waals surface area contributed by atoms with E-state index in [0.29, 0.717) is 11.4 Å². The largest absolute Gasteiger partial charge is 0.321 e. The van der Waals surface area contributed by atoms with Crippen molar-refractivity contribution in [3.63, 3.8) is 0 Å². The van der Waals surface area contributed by atoms with E-state index in [4.69, 9.17) is 0 Å². The topological polar surface area (TPSA) is 95.2 Å². The zero-order valence-corrected chi connectivity index (χ0v) is 15.1. The lowest BCUT2D eigenvalue weighted by Crippen LogP contribution is -2.22. The molecule has 134 valence electrons. The van der Waals surface area contributed by atoms with Crippen molar-refractivity contribution >= 4 is 21.6 Å². The fourth-order valence-electron chi connectivity index (χ4n) is 2.34. The zero-order chi connectivity index (χ0) is 18.7. The monoisotopic (exact) mass is 370 g/mol. The molecule has 2 N–H and O–H groups in total. The van der Waals surface area contributed by atoms with Gasteiger partial charge in [0.15, 0.2) is 0 Å². The van der Waals surface area contributed by atoms with Gasteiger partial charge < -0.3 is 5.32 Å². The lowest BCUT2D eigenvalue weighted by molar-refractivity contribution is 0.102. The Kier molecular flexibility index (Phi) is 4.88. The zero-order valence-electron chi connectivity index (χ0n) is 14.3. The van der Waals surface area contributed by atoms with Crippen LogP contribution >= 0.6 is 0 Å². The first kappa shape index (κ1) is 17.8. The fourth-order valence-corrected chi connectivity index (χ4v) is 3.29. The standard InChI is InChI=1S/C18H18N4O3S/c1-22(2)26(24,25)15-10-6-9-14(11-15)19-18(23)17-12-16(20-21-17)13-7-4-3-5-8-13/h3-12H,1-2H3,(H,19,23)(H,20,21). The third-order valence-electron chi connectivity index (χ3n) is 3.76. The summed E-state index contributed by atoms with van der Waals surface area (Å²) >= 11 is 0. The van der Waals surface area contributed by atoms with Crippen LogP contribution in [0.2, 0.25) is 0 Å². The molecule has 0 fully saturated rings. The third-order valence-corrected chi connectivity index (χ3v) is 5.57. The summed E-state index contributed by atoms with van der Waals surface area (Å²) in [5, 5.41) is 9.52. The van der Waals surface area contributed by atoms with Gasteiger partial charge in [0.2, 0.25) is 10.0 Å². The number of sulfonamides is 1. The number of aromatic amines is 1. The number of carbonyl (C=O) groups is 1. The molecule has 3 aromatic rings. The molecule has 0 bridgehead atoms. The summed E-state index contributed by atoms with van der Waals surface area (Å²) in [6.07, 6.45) is 0. The summed E-state index contributed by atoms with van der Waals surface area (Å²) in [5.41, 5.74) is 2.21. The van der Waals surface area contributed by atoms with E-state index in [-0.39, 0.29) is 10.6 Å². The molecule has 2 aromatic carbocycles. The van der Waals surface area contributed by atoms with E-state index in [0.717, 1.165) is 9.87 Å². The lowest BCUT2D eigenvalue weighted by Gasteiger charge is -2.12. The van der Waals surface area contributed by atoms with E-state index in [1.165, 1.54) is 26.2 Å². The van der Waals surface area contributed by atoms with Gasteiger partial charge in [-0.2, -0.15) is 5.10 Å². The minimum atomic E-state index is -3.57. The summed E-state index contributed by atoms with van der Waals surface area (Å²) in [5.74, 6) is -0.404. The van der Waals surface area contributed by atoms with Crippen molar-refractivity contribution in [1.82, 2.24) is 14.5 Å². The average Bonchev–Trinajstić information content (AvgIpc) is 3.13. The number of nitrogens with one attached hydrogen (secondary N) is 2. The predicted octanol–water partition coefficient (Wildman–Crippen LogP) is 2.58. The molecule has 3 rings (SSSR count). The highest BCUT2D eigenvalue weighted by atomic mass is 32.2. The highest BCUT2D eigenvalue weighted by molar-refractivity contribution is 7.89. The molecule has 0 radical (unpaired) electrons. The molecule has 0 aliphatic heterocycles. The van der Waals surface area contributed by atoms with Gasteiger partial charge in [-0.1, -0.05) is 36.4 Å². The Morgan fingerprint density at radius 1 is 1.04 bits per heavy atom. The van der Waals surface area contributed by atoms with Crippen LogP contribution in [0.25, 0.3) is 11.3 Å². The quantitative estimate of drug-likeness (QED) is 0.722. The number of anilines is 1. The van der Waals surface area contributed by atoms with Gasteiger partial charge in [-0.05, 0) is 24.3 Å². The van der Waals surface area contributed by atoms with E-state index in [9.17, 15) is 13.2 Å². The molecule has 0 atom stereocenters. The molecule has 0 aliphatic carbocycles. The second kappa shape index (κ2) is 7.11. The molecular formula is C18H18N4O3S. The second-order valence-electron chi connectivity index (χ2n) is 5.80. The molecular weight excluding hydrogens is 352 g/mol. The van der Waals surface area contributed by atoms with Crippen LogP contribution < -0.4 is 5.32 Å². The molecule has 0 aliphatic rings. The first-order valence-electron chi connectivity index (χ1n) is 7.83. The number of nitrogens with zero attached hydrogens (tertiary/aromatic N) is 2. The van der Waals surface area contributed by atoms with E-state index >= 15 is 0 Å². The molecule has 0 saturated carbocycles. The Bertz CT molecular complexity index is 1030. The molecule has 0 spiro atoms. The number of aromatic nitrogens is 2. The van der Waals surface area contributed by atoms with Crippen LogP contribution in [-0.2, 0) is 10.0 Å². The number of rotatable bonds is 5. The van der Waals surface area contributed by atoms with Gasteiger partial charge in [0.05, 0.1) is 10.6 Å². The van der Waals surface area contributed by atoms with E-state index in [1.54, 1.807) is 18.2 Å². The number of carbonyl (C=O) groups excluding carboxylic acids is 1. The molecule has 1 aromatic heterocycles. The van der Waals surface area contributed by atoms with Gasteiger partial charge in [-0.25, -0.2) is 12.7 Å². The minimum absolute atomic E-state index is 0.106. The number of benzene rings is 2. The van der Waals surface area contributed by atoms with Gasteiger partial charge >= 0.3 is 0 Å². The van der Waals surface area contributed by atoms with Crippen molar-refractivity contribution < 1.29 is 13.2 Å². The van der Waals surface area contributed by atoms with Crippen LogP contribution in [-0.4, -0.2) is 42.9 Å². The van der Waals surface area contributed by atoms with E-state index in [1.807, 2.05) is 30.3 Å². The van der Waals surface area contributed by atoms with Gasteiger partial charge in [0, 0.05) is 25.3 Å². The lowest BCUT2D eigenvalue weighted by atomic mass is 10.1. The van der Waals surface area contributed by atoms with Crippen LogP contribution in [0, 0.1) is 0 Å². The Morgan fingerprint density at radius 3 is 2.46 bits per heavy atom. The Hall–Kier alpha value is -2.97. The number of hydrogen-bond acceptors (Lipinski definition) is 4. The van der Waals surface area contributed by atoms with Gasteiger partial charge in [-0.15, -0.1) is 0 Å². The number of H-pyrrole nitrogens is 1.